The molecule has 0 fully saturated rings. The van der Waals surface area contributed by atoms with E-state index in [4.69, 9.17) is 9.15 Å². The number of alkyl halides is 3. The van der Waals surface area contributed by atoms with Crippen LogP contribution in [0.25, 0.3) is 11.3 Å². The average Bonchev–Trinajstić information content (AvgIpc) is 3.13. The van der Waals surface area contributed by atoms with Crippen molar-refractivity contribution in [1.29, 1.82) is 0 Å². The molecule has 0 aliphatic rings. The summed E-state index contributed by atoms with van der Waals surface area (Å²) in [6.45, 7) is -1.05. The van der Waals surface area contributed by atoms with Crippen LogP contribution < -0.4 is 5.32 Å². The summed E-state index contributed by atoms with van der Waals surface area (Å²) in [6.07, 6.45) is -4.51. The topological polar surface area (TPSA) is 94.8 Å². The molecule has 7 nitrogen and oxygen atoms in total. The summed E-state index contributed by atoms with van der Waals surface area (Å²) in [5.74, 6) is -2.65. The summed E-state index contributed by atoms with van der Waals surface area (Å²) >= 11 is 0. The predicted octanol–water partition coefficient (Wildman–Crippen LogP) is 2.41. The zero-order valence-corrected chi connectivity index (χ0v) is 14.0. The number of furan rings is 1. The van der Waals surface area contributed by atoms with Crippen molar-refractivity contribution in [2.45, 2.75) is 6.18 Å². The number of halogens is 3. The van der Waals surface area contributed by atoms with Gasteiger partial charge < -0.3 is 19.2 Å². The van der Waals surface area contributed by atoms with E-state index in [9.17, 15) is 27.6 Å². The fourth-order valence-electron chi connectivity index (χ4n) is 1.95. The van der Waals surface area contributed by atoms with E-state index in [1.807, 2.05) is 0 Å². The molecule has 1 aromatic heterocycles. The Kier molecular flexibility index (Phi) is 6.22. The van der Waals surface area contributed by atoms with E-state index in [1.54, 1.807) is 0 Å². The zero-order chi connectivity index (χ0) is 20.0. The third kappa shape index (κ3) is 5.59. The van der Waals surface area contributed by atoms with Gasteiger partial charge in [-0.15, -0.1) is 0 Å². The van der Waals surface area contributed by atoms with Crippen molar-refractivity contribution < 1.29 is 41.4 Å². The molecular formula is C17H14F3NO6. The number of esters is 2. The Morgan fingerprint density at radius 1 is 1.15 bits per heavy atom. The second-order valence-electron chi connectivity index (χ2n) is 5.17. The largest absolute Gasteiger partial charge is 0.468 e. The Hall–Kier alpha value is -3.30. The fraction of sp³-hybridized carbons (Fsp3) is 0.235. The first-order valence-corrected chi connectivity index (χ1v) is 7.49. The summed E-state index contributed by atoms with van der Waals surface area (Å²) in [6, 6.07) is 6.92. The van der Waals surface area contributed by atoms with Gasteiger partial charge in [0.25, 0.3) is 5.91 Å². The minimum atomic E-state index is -4.51. The number of carbonyl (C=O) groups is 3. The lowest BCUT2D eigenvalue weighted by Crippen LogP contribution is -2.33. The Bertz CT molecular complexity index is 843. The average molecular weight is 385 g/mol. The molecule has 2 aromatic rings. The summed E-state index contributed by atoms with van der Waals surface area (Å²) in [5, 5.41) is 2.16. The van der Waals surface area contributed by atoms with Gasteiger partial charge in [-0.3, -0.25) is 9.59 Å². The van der Waals surface area contributed by atoms with Crippen LogP contribution in [0.2, 0.25) is 0 Å². The molecule has 1 heterocycles. The highest BCUT2D eigenvalue weighted by Gasteiger charge is 2.30. The monoisotopic (exact) mass is 385 g/mol. The van der Waals surface area contributed by atoms with Crippen molar-refractivity contribution in [3.63, 3.8) is 0 Å². The van der Waals surface area contributed by atoms with Gasteiger partial charge in [-0.1, -0.05) is 12.1 Å². The SMILES string of the molecule is COC(=O)CNC(=O)COC(=O)c1ccc(-c2cccc(C(F)(F)F)c2)o1. The van der Waals surface area contributed by atoms with Crippen molar-refractivity contribution in [3.8, 4) is 11.3 Å². The van der Waals surface area contributed by atoms with Crippen LogP contribution in [0, 0.1) is 0 Å². The highest BCUT2D eigenvalue weighted by molar-refractivity contribution is 5.90. The molecule has 0 atom stereocenters. The lowest BCUT2D eigenvalue weighted by molar-refractivity contribution is -0.141. The van der Waals surface area contributed by atoms with E-state index in [0.29, 0.717) is 0 Å². The number of rotatable bonds is 6. The van der Waals surface area contributed by atoms with Crippen LogP contribution in [0.3, 0.4) is 0 Å². The first-order valence-electron chi connectivity index (χ1n) is 7.49. The van der Waals surface area contributed by atoms with E-state index in [0.717, 1.165) is 19.2 Å². The molecular weight excluding hydrogens is 371 g/mol. The predicted molar refractivity (Wildman–Crippen MR) is 84.5 cm³/mol. The van der Waals surface area contributed by atoms with Crippen molar-refractivity contribution in [1.82, 2.24) is 5.32 Å². The Balaban J connectivity index is 1.98. The van der Waals surface area contributed by atoms with Crippen molar-refractivity contribution in [2.75, 3.05) is 20.3 Å². The van der Waals surface area contributed by atoms with Gasteiger partial charge in [0.1, 0.15) is 12.3 Å². The van der Waals surface area contributed by atoms with E-state index in [-0.39, 0.29) is 23.6 Å². The Morgan fingerprint density at radius 2 is 1.89 bits per heavy atom. The minimum Gasteiger partial charge on any atom is -0.468 e. The molecule has 0 aliphatic heterocycles. The molecule has 0 spiro atoms. The maximum Gasteiger partial charge on any atom is 0.416 e. The number of ether oxygens (including phenoxy) is 2. The summed E-state index contributed by atoms with van der Waals surface area (Å²) in [5.41, 5.74) is -0.734. The van der Waals surface area contributed by atoms with Crippen molar-refractivity contribution >= 4 is 17.8 Å². The van der Waals surface area contributed by atoms with E-state index < -0.39 is 36.2 Å². The lowest BCUT2D eigenvalue weighted by Gasteiger charge is -2.07. The minimum absolute atomic E-state index is 0.0307. The van der Waals surface area contributed by atoms with Gasteiger partial charge in [-0.25, -0.2) is 4.79 Å². The molecule has 0 bridgehead atoms. The van der Waals surface area contributed by atoms with Gasteiger partial charge in [0.05, 0.1) is 12.7 Å². The van der Waals surface area contributed by atoms with E-state index >= 15 is 0 Å². The number of carbonyl (C=O) groups excluding carboxylic acids is 3. The summed E-state index contributed by atoms with van der Waals surface area (Å²) in [7, 11) is 1.15. The molecule has 0 unspecified atom stereocenters. The molecule has 0 aliphatic carbocycles. The van der Waals surface area contributed by atoms with Crippen LogP contribution in [0.1, 0.15) is 16.1 Å². The second-order valence-corrected chi connectivity index (χ2v) is 5.17. The molecule has 0 saturated carbocycles. The van der Waals surface area contributed by atoms with Crippen molar-refractivity contribution in [2.24, 2.45) is 0 Å². The van der Waals surface area contributed by atoms with Gasteiger partial charge in [0, 0.05) is 5.56 Å². The number of benzene rings is 1. The molecule has 1 amide bonds. The maximum atomic E-state index is 12.8. The normalized spacial score (nSPS) is 11.0. The van der Waals surface area contributed by atoms with Gasteiger partial charge in [-0.2, -0.15) is 13.2 Å². The highest BCUT2D eigenvalue weighted by atomic mass is 19.4. The summed E-state index contributed by atoms with van der Waals surface area (Å²) < 4.78 is 52.5. The quantitative estimate of drug-likeness (QED) is 0.768. The van der Waals surface area contributed by atoms with Gasteiger partial charge in [0.2, 0.25) is 5.76 Å². The highest BCUT2D eigenvalue weighted by Crippen LogP contribution is 2.32. The van der Waals surface area contributed by atoms with E-state index in [1.165, 1.54) is 24.3 Å². The summed E-state index contributed by atoms with van der Waals surface area (Å²) in [4.78, 5) is 34.1. The number of hydrogen-bond acceptors (Lipinski definition) is 6. The standard InChI is InChI=1S/C17H14F3NO6/c1-25-15(23)8-21-14(22)9-26-16(24)13-6-5-12(27-13)10-3-2-4-11(7-10)17(18,19)20/h2-7H,8-9H2,1H3,(H,21,22). The Labute approximate surface area is 151 Å². The first-order chi connectivity index (χ1) is 12.7. The van der Waals surface area contributed by atoms with E-state index in [2.05, 4.69) is 10.1 Å². The molecule has 27 heavy (non-hydrogen) atoms. The maximum absolute atomic E-state index is 12.8. The smallest absolute Gasteiger partial charge is 0.416 e. The van der Waals surface area contributed by atoms with Crippen LogP contribution in [0.15, 0.2) is 40.8 Å². The number of hydrogen-bond donors (Lipinski definition) is 1. The third-order valence-electron chi connectivity index (χ3n) is 3.27. The van der Waals surface area contributed by atoms with Crippen LogP contribution in [0.5, 0.6) is 0 Å². The molecule has 144 valence electrons. The van der Waals surface area contributed by atoms with Crippen LogP contribution in [-0.2, 0) is 25.2 Å². The second kappa shape index (κ2) is 8.39. The van der Waals surface area contributed by atoms with Gasteiger partial charge >= 0.3 is 18.1 Å². The molecule has 2 rings (SSSR count). The van der Waals surface area contributed by atoms with Gasteiger partial charge in [0.15, 0.2) is 6.61 Å². The molecule has 0 saturated heterocycles. The van der Waals surface area contributed by atoms with Crippen LogP contribution in [-0.4, -0.2) is 38.1 Å². The number of nitrogens with one attached hydrogen (secondary N) is 1. The molecule has 1 aromatic carbocycles. The molecule has 10 heteroatoms. The lowest BCUT2D eigenvalue weighted by atomic mass is 10.1. The molecule has 0 radical (unpaired) electrons. The number of amides is 1. The fourth-order valence-corrected chi connectivity index (χ4v) is 1.95. The zero-order valence-electron chi connectivity index (χ0n) is 14.0. The first kappa shape index (κ1) is 20.0. The number of methoxy groups -OCH3 is 1. The third-order valence-corrected chi connectivity index (χ3v) is 3.27. The van der Waals surface area contributed by atoms with Gasteiger partial charge in [-0.05, 0) is 24.3 Å². The van der Waals surface area contributed by atoms with Crippen LogP contribution in [0.4, 0.5) is 13.2 Å². The molecule has 1 N–H and O–H groups in total. The van der Waals surface area contributed by atoms with Crippen LogP contribution >= 0.6 is 0 Å². The van der Waals surface area contributed by atoms with Crippen molar-refractivity contribution in [3.05, 3.63) is 47.7 Å². The Morgan fingerprint density at radius 3 is 2.56 bits per heavy atom.